The molecule has 0 aliphatic carbocycles. The summed E-state index contributed by atoms with van der Waals surface area (Å²) in [6.45, 7) is 3.54. The average Bonchev–Trinajstić information content (AvgIpc) is 3.25. The average molecular weight is 421 g/mol. The summed E-state index contributed by atoms with van der Waals surface area (Å²) in [7, 11) is 8.31. The summed E-state index contributed by atoms with van der Waals surface area (Å²) in [5.74, 6) is 0. The molecule has 0 radical (unpaired) electrons. The molecule has 2 aromatic carbocycles. The smallest absolute Gasteiger partial charge is 0.239 e. The van der Waals surface area contributed by atoms with Crippen LogP contribution >= 0.6 is 11.8 Å². The van der Waals surface area contributed by atoms with Gasteiger partial charge in [-0.3, -0.25) is 0 Å². The Kier molecular flexibility index (Phi) is 6.30. The molecule has 0 unspecified atom stereocenters. The first-order valence-corrected chi connectivity index (χ1v) is 11.2. The third kappa shape index (κ3) is 4.47. The minimum absolute atomic E-state index is 0.807. The minimum atomic E-state index is 0.807. The number of ether oxygens (including phenoxy) is 1. The third-order valence-electron chi connectivity index (χ3n) is 5.51. The molecule has 0 atom stereocenters. The van der Waals surface area contributed by atoms with Crippen molar-refractivity contribution in [3.63, 3.8) is 0 Å². The lowest BCUT2D eigenvalue weighted by atomic mass is 9.96. The highest BCUT2D eigenvalue weighted by atomic mass is 32.2. The van der Waals surface area contributed by atoms with Gasteiger partial charge in [-0.05, 0) is 53.2 Å². The molecular weight excluding hydrogens is 390 g/mol. The first-order valence-electron chi connectivity index (χ1n) is 10.4. The highest BCUT2D eigenvalue weighted by Gasteiger charge is 2.24. The monoisotopic (exact) mass is 420 g/mol. The molecule has 2 aliphatic rings. The molecule has 0 aromatic heterocycles. The zero-order valence-electron chi connectivity index (χ0n) is 18.3. The molecule has 156 valence electrons. The van der Waals surface area contributed by atoms with Crippen LogP contribution in [-0.2, 0) is 4.74 Å². The van der Waals surface area contributed by atoms with Gasteiger partial charge in [0, 0.05) is 56.1 Å². The first kappa shape index (κ1) is 20.8. The molecule has 2 aromatic rings. The predicted molar refractivity (Wildman–Crippen MR) is 130 cm³/mol. The van der Waals surface area contributed by atoms with E-state index in [1.54, 1.807) is 0 Å². The molecule has 30 heavy (non-hydrogen) atoms. The van der Waals surface area contributed by atoms with E-state index in [4.69, 9.17) is 4.74 Å². The van der Waals surface area contributed by atoms with Gasteiger partial charge in [0.2, 0.25) is 5.04 Å². The van der Waals surface area contributed by atoms with E-state index in [9.17, 15) is 0 Å². The highest BCUT2D eigenvalue weighted by molar-refractivity contribution is 8.18. The molecule has 5 heteroatoms. The summed E-state index contributed by atoms with van der Waals surface area (Å²) in [4.78, 5) is 5.57. The lowest BCUT2D eigenvalue weighted by Crippen LogP contribution is -2.31. The first-order chi connectivity index (χ1) is 14.5. The Balaban J connectivity index is 1.76. The van der Waals surface area contributed by atoms with Crippen molar-refractivity contribution in [2.24, 2.45) is 0 Å². The van der Waals surface area contributed by atoms with Crippen LogP contribution in [0.15, 0.2) is 65.6 Å². The predicted octanol–water partition coefficient (Wildman–Crippen LogP) is 4.32. The van der Waals surface area contributed by atoms with Crippen molar-refractivity contribution in [2.45, 2.75) is 0 Å². The second-order valence-corrected chi connectivity index (χ2v) is 9.06. The van der Waals surface area contributed by atoms with Crippen LogP contribution in [0.2, 0.25) is 0 Å². The summed E-state index contributed by atoms with van der Waals surface area (Å²) in [5.41, 5.74) is 6.19. The number of nitrogens with zero attached hydrogens (tertiary/aromatic N) is 3. The second-order valence-electron chi connectivity index (χ2n) is 7.99. The number of hydrogen-bond acceptors (Lipinski definition) is 4. The van der Waals surface area contributed by atoms with Crippen molar-refractivity contribution >= 4 is 33.8 Å². The van der Waals surface area contributed by atoms with Crippen molar-refractivity contribution in [3.8, 4) is 0 Å². The van der Waals surface area contributed by atoms with Gasteiger partial charge in [-0.25, -0.2) is 4.58 Å². The van der Waals surface area contributed by atoms with Gasteiger partial charge in [-0.2, -0.15) is 0 Å². The summed E-state index contributed by atoms with van der Waals surface area (Å²) in [5, 5.41) is 1.32. The molecule has 0 amide bonds. The lowest BCUT2D eigenvalue weighted by molar-refractivity contribution is -0.546. The van der Waals surface area contributed by atoms with Gasteiger partial charge in [0.25, 0.3) is 0 Å². The maximum atomic E-state index is 5.52. The summed E-state index contributed by atoms with van der Waals surface area (Å²) in [6.07, 6.45) is 4.53. The quantitative estimate of drug-likeness (QED) is 0.686. The third-order valence-corrected chi connectivity index (χ3v) is 6.67. The van der Waals surface area contributed by atoms with Gasteiger partial charge in [-0.1, -0.05) is 24.3 Å². The number of allylic oxidation sites excluding steroid dienone is 1. The van der Waals surface area contributed by atoms with Crippen molar-refractivity contribution in [2.75, 3.05) is 64.3 Å². The van der Waals surface area contributed by atoms with E-state index in [0.717, 1.165) is 26.3 Å². The van der Waals surface area contributed by atoms with Crippen molar-refractivity contribution < 1.29 is 9.31 Å². The van der Waals surface area contributed by atoms with E-state index in [2.05, 4.69) is 103 Å². The highest BCUT2D eigenvalue weighted by Crippen LogP contribution is 2.38. The Hall–Kier alpha value is -2.50. The normalized spacial score (nSPS) is 16.2. The van der Waals surface area contributed by atoms with Crippen LogP contribution < -0.4 is 9.80 Å². The van der Waals surface area contributed by atoms with Crippen molar-refractivity contribution in [3.05, 3.63) is 76.7 Å². The Labute approximate surface area is 184 Å². The largest absolute Gasteiger partial charge is 0.378 e. The van der Waals surface area contributed by atoms with E-state index in [0.29, 0.717) is 0 Å². The lowest BCUT2D eigenvalue weighted by Gasteiger charge is -2.17. The van der Waals surface area contributed by atoms with Crippen molar-refractivity contribution in [1.82, 2.24) is 0 Å². The maximum absolute atomic E-state index is 5.52. The SMILES string of the molecule is CN(C)c1ccc(C(=C2C=CC(=[N+]3CCOCC3)S2)c2ccc(N(C)C)cc2)cc1. The Bertz CT molecular complexity index is 925. The van der Waals surface area contributed by atoms with Crippen LogP contribution in [0.4, 0.5) is 11.4 Å². The standard InChI is InChI=1S/C25H30N3OS/c1-26(2)21-9-5-19(6-10-21)25(20-7-11-22(12-8-20)27(3)4)23-13-14-24(30-23)28-15-17-29-18-16-28/h5-14H,15-18H2,1-4H3/q+1. The van der Waals surface area contributed by atoms with Crippen LogP contribution in [0, 0.1) is 0 Å². The summed E-state index contributed by atoms with van der Waals surface area (Å²) < 4.78 is 7.95. The topological polar surface area (TPSA) is 18.7 Å². The molecule has 1 saturated heterocycles. The van der Waals surface area contributed by atoms with Gasteiger partial charge in [0.05, 0.1) is 0 Å². The van der Waals surface area contributed by atoms with E-state index in [-0.39, 0.29) is 0 Å². The summed E-state index contributed by atoms with van der Waals surface area (Å²) in [6, 6.07) is 17.7. The number of rotatable bonds is 4. The number of thioether (sulfide) groups is 1. The second kappa shape index (κ2) is 9.11. The molecule has 4 nitrogen and oxygen atoms in total. The molecule has 2 heterocycles. The number of hydrogen-bond donors (Lipinski definition) is 0. The fourth-order valence-corrected chi connectivity index (χ4v) is 4.87. The zero-order chi connectivity index (χ0) is 21.1. The molecular formula is C25H30N3OS+. The van der Waals surface area contributed by atoms with Crippen LogP contribution in [0.25, 0.3) is 5.57 Å². The van der Waals surface area contributed by atoms with E-state index < -0.39 is 0 Å². The van der Waals surface area contributed by atoms with Crippen LogP contribution in [-0.4, -0.2) is 64.1 Å². The Morgan fingerprint density at radius 3 is 1.73 bits per heavy atom. The maximum Gasteiger partial charge on any atom is 0.239 e. The number of morpholine rings is 1. The van der Waals surface area contributed by atoms with Gasteiger partial charge in [0.15, 0.2) is 13.1 Å². The Morgan fingerprint density at radius 1 is 0.767 bits per heavy atom. The fourth-order valence-electron chi connectivity index (χ4n) is 3.72. The zero-order valence-corrected chi connectivity index (χ0v) is 19.1. The van der Waals surface area contributed by atoms with Crippen molar-refractivity contribution in [1.29, 1.82) is 0 Å². The van der Waals surface area contributed by atoms with Crippen LogP contribution in [0.1, 0.15) is 11.1 Å². The molecule has 0 saturated carbocycles. The molecule has 4 rings (SSSR count). The minimum Gasteiger partial charge on any atom is -0.378 e. The molecule has 0 spiro atoms. The van der Waals surface area contributed by atoms with Gasteiger partial charge in [0.1, 0.15) is 13.2 Å². The molecule has 0 bridgehead atoms. The van der Waals surface area contributed by atoms with Crippen LogP contribution in [0.3, 0.4) is 0 Å². The number of benzene rings is 2. The molecule has 0 N–H and O–H groups in total. The van der Waals surface area contributed by atoms with Crippen LogP contribution in [0.5, 0.6) is 0 Å². The van der Waals surface area contributed by atoms with E-state index in [1.165, 1.54) is 38.0 Å². The van der Waals surface area contributed by atoms with E-state index >= 15 is 0 Å². The van der Waals surface area contributed by atoms with Gasteiger partial charge >= 0.3 is 0 Å². The number of anilines is 2. The Morgan fingerprint density at radius 2 is 1.27 bits per heavy atom. The fraction of sp³-hybridized carbons (Fsp3) is 0.320. The van der Waals surface area contributed by atoms with E-state index in [1.807, 2.05) is 11.8 Å². The molecule has 1 fully saturated rings. The summed E-state index contributed by atoms with van der Waals surface area (Å²) >= 11 is 1.87. The van der Waals surface area contributed by atoms with Gasteiger partial charge < -0.3 is 14.5 Å². The molecule has 2 aliphatic heterocycles. The van der Waals surface area contributed by atoms with Gasteiger partial charge in [-0.15, -0.1) is 0 Å².